The first-order chi connectivity index (χ1) is 11.7. The molecule has 126 valence electrons. The van der Waals surface area contributed by atoms with Crippen molar-refractivity contribution in [3.63, 3.8) is 0 Å². The number of hydrogen-bond donors (Lipinski definition) is 0. The molecule has 1 aromatic carbocycles. The third-order valence-electron chi connectivity index (χ3n) is 5.42. The van der Waals surface area contributed by atoms with Gasteiger partial charge >= 0.3 is 0 Å². The molecule has 2 aliphatic rings. The van der Waals surface area contributed by atoms with Crippen LogP contribution in [-0.2, 0) is 13.0 Å². The quantitative estimate of drug-likeness (QED) is 0.853. The number of aromatic nitrogens is 2. The third kappa shape index (κ3) is 2.43. The highest BCUT2D eigenvalue weighted by molar-refractivity contribution is 5.97. The Hall–Kier alpha value is -2.17. The van der Waals surface area contributed by atoms with Crippen LogP contribution in [-0.4, -0.2) is 32.9 Å². The largest absolute Gasteiger partial charge is 0.336 e. The van der Waals surface area contributed by atoms with Gasteiger partial charge < -0.3 is 4.90 Å². The summed E-state index contributed by atoms with van der Waals surface area (Å²) >= 11 is 0. The highest BCUT2D eigenvalue weighted by atomic mass is 16.2. The molecule has 2 aromatic rings. The number of hydrogen-bond acceptors (Lipinski definition) is 3. The van der Waals surface area contributed by atoms with Crippen LogP contribution in [0.2, 0.25) is 0 Å². The zero-order chi connectivity index (χ0) is 16.7. The van der Waals surface area contributed by atoms with Crippen LogP contribution in [0, 0.1) is 0 Å². The number of aryl methyl sites for hydroxylation is 1. The number of carbonyl (C=O) groups is 1. The van der Waals surface area contributed by atoms with Gasteiger partial charge in [-0.25, -0.2) is 4.98 Å². The van der Waals surface area contributed by atoms with Crippen molar-refractivity contribution in [3.05, 3.63) is 39.9 Å². The van der Waals surface area contributed by atoms with E-state index < -0.39 is 0 Å². The van der Waals surface area contributed by atoms with Gasteiger partial charge in [-0.15, -0.1) is 0 Å². The summed E-state index contributed by atoms with van der Waals surface area (Å²) in [7, 11) is 0. The lowest BCUT2D eigenvalue weighted by molar-refractivity contribution is 0.0608. The van der Waals surface area contributed by atoms with E-state index in [1.54, 1.807) is 22.8 Å². The fourth-order valence-electron chi connectivity index (χ4n) is 4.08. The van der Waals surface area contributed by atoms with Crippen molar-refractivity contribution >= 4 is 16.8 Å². The number of amides is 1. The van der Waals surface area contributed by atoms with E-state index in [0.29, 0.717) is 22.5 Å². The number of fused-ring (bicyclic) bond motifs is 2. The van der Waals surface area contributed by atoms with Gasteiger partial charge in [0.2, 0.25) is 0 Å². The predicted octanol–water partition coefficient (Wildman–Crippen LogP) is 2.75. The number of piperidine rings is 1. The number of rotatable bonds is 2. The summed E-state index contributed by atoms with van der Waals surface area (Å²) in [5.41, 5.74) is 1.33. The minimum Gasteiger partial charge on any atom is -0.336 e. The van der Waals surface area contributed by atoms with Crippen LogP contribution in [0.15, 0.2) is 23.0 Å². The number of nitrogens with zero attached hydrogens (tertiary/aromatic N) is 3. The van der Waals surface area contributed by atoms with Gasteiger partial charge in [0.15, 0.2) is 0 Å². The first kappa shape index (κ1) is 15.4. The van der Waals surface area contributed by atoms with Gasteiger partial charge in [-0.1, -0.05) is 6.92 Å². The Kier molecular flexibility index (Phi) is 3.87. The van der Waals surface area contributed by atoms with Gasteiger partial charge in [0.05, 0.1) is 10.9 Å². The molecular formula is C19H23N3O2. The monoisotopic (exact) mass is 325 g/mol. The van der Waals surface area contributed by atoms with Crippen molar-refractivity contribution in [2.75, 3.05) is 6.54 Å². The predicted molar refractivity (Wildman–Crippen MR) is 93.3 cm³/mol. The molecule has 2 aliphatic heterocycles. The Labute approximate surface area is 141 Å². The lowest BCUT2D eigenvalue weighted by Crippen LogP contribution is -2.43. The van der Waals surface area contributed by atoms with Crippen molar-refractivity contribution in [1.29, 1.82) is 0 Å². The Bertz CT molecular complexity index is 856. The number of carbonyl (C=O) groups excluding carboxylic acids is 1. The minimum absolute atomic E-state index is 0.0240. The van der Waals surface area contributed by atoms with Gasteiger partial charge in [-0.05, 0) is 50.3 Å². The molecule has 0 spiro atoms. The summed E-state index contributed by atoms with van der Waals surface area (Å²) in [5, 5.41) is 0.614. The van der Waals surface area contributed by atoms with Gasteiger partial charge in [0, 0.05) is 31.1 Å². The highest BCUT2D eigenvalue weighted by Gasteiger charge is 2.26. The van der Waals surface area contributed by atoms with Crippen molar-refractivity contribution in [1.82, 2.24) is 14.5 Å². The molecule has 3 heterocycles. The maximum absolute atomic E-state index is 12.9. The van der Waals surface area contributed by atoms with Crippen molar-refractivity contribution in [2.24, 2.45) is 0 Å². The SMILES string of the molecule is CC[C@@H]1CCCCN1C(=O)c1ccc2c(=O)n3c(nc2c1)CCC3. The van der Waals surface area contributed by atoms with Crippen LogP contribution < -0.4 is 5.56 Å². The topological polar surface area (TPSA) is 55.2 Å². The van der Waals surface area contributed by atoms with Gasteiger partial charge in [-0.3, -0.25) is 14.2 Å². The van der Waals surface area contributed by atoms with Crippen LogP contribution >= 0.6 is 0 Å². The Morgan fingerprint density at radius 1 is 1.25 bits per heavy atom. The molecule has 1 atom stereocenters. The van der Waals surface area contributed by atoms with Crippen molar-refractivity contribution in [2.45, 2.75) is 58.0 Å². The molecule has 0 N–H and O–H groups in total. The van der Waals surface area contributed by atoms with Crippen LogP contribution in [0.3, 0.4) is 0 Å². The van der Waals surface area contributed by atoms with Gasteiger partial charge in [-0.2, -0.15) is 0 Å². The van der Waals surface area contributed by atoms with E-state index in [9.17, 15) is 9.59 Å². The Morgan fingerprint density at radius 3 is 2.96 bits per heavy atom. The molecule has 24 heavy (non-hydrogen) atoms. The lowest BCUT2D eigenvalue weighted by atomic mass is 9.98. The standard InChI is InChI=1S/C19H23N3O2/c1-2-14-6-3-4-10-21(14)18(23)13-8-9-15-16(12-13)20-17-7-5-11-22(17)19(15)24/h8-9,12,14H,2-7,10-11H2,1H3/t14-/m1/s1. The fraction of sp³-hybridized carbons (Fsp3) is 0.526. The minimum atomic E-state index is 0.0240. The molecular weight excluding hydrogens is 302 g/mol. The van der Waals surface area contributed by atoms with Crippen LogP contribution in [0.1, 0.15) is 55.2 Å². The summed E-state index contributed by atoms with van der Waals surface area (Å²) in [6.07, 6.45) is 6.16. The molecule has 5 nitrogen and oxygen atoms in total. The maximum atomic E-state index is 12.9. The summed E-state index contributed by atoms with van der Waals surface area (Å²) in [6.45, 7) is 3.72. The molecule has 0 aliphatic carbocycles. The first-order valence-electron chi connectivity index (χ1n) is 9.03. The molecule has 1 fully saturated rings. The third-order valence-corrected chi connectivity index (χ3v) is 5.42. The van der Waals surface area contributed by atoms with E-state index in [1.165, 1.54) is 6.42 Å². The number of benzene rings is 1. The molecule has 4 rings (SSSR count). The fourth-order valence-corrected chi connectivity index (χ4v) is 4.08. The summed E-state index contributed by atoms with van der Waals surface area (Å²) in [5.74, 6) is 0.923. The second-order valence-corrected chi connectivity index (χ2v) is 6.88. The molecule has 1 saturated heterocycles. The molecule has 5 heteroatoms. The van der Waals surface area contributed by atoms with Crippen LogP contribution in [0.25, 0.3) is 10.9 Å². The first-order valence-corrected chi connectivity index (χ1v) is 9.03. The Balaban J connectivity index is 1.73. The van der Waals surface area contributed by atoms with Crippen molar-refractivity contribution in [3.8, 4) is 0 Å². The maximum Gasteiger partial charge on any atom is 0.261 e. The summed E-state index contributed by atoms with van der Waals surface area (Å²) in [6, 6.07) is 5.70. The van der Waals surface area contributed by atoms with Gasteiger partial charge in [0.1, 0.15) is 5.82 Å². The molecule has 1 amide bonds. The summed E-state index contributed by atoms with van der Waals surface area (Å²) in [4.78, 5) is 32.1. The Morgan fingerprint density at radius 2 is 2.12 bits per heavy atom. The number of likely N-dealkylation sites (tertiary alicyclic amines) is 1. The normalized spacial score (nSPS) is 20.4. The zero-order valence-electron chi connectivity index (χ0n) is 14.1. The molecule has 0 bridgehead atoms. The van der Waals surface area contributed by atoms with E-state index in [1.807, 2.05) is 4.90 Å². The lowest BCUT2D eigenvalue weighted by Gasteiger charge is -2.35. The van der Waals surface area contributed by atoms with Crippen molar-refractivity contribution < 1.29 is 4.79 Å². The zero-order valence-corrected chi connectivity index (χ0v) is 14.1. The molecule has 0 saturated carbocycles. The van der Waals surface area contributed by atoms with E-state index in [2.05, 4.69) is 11.9 Å². The van der Waals surface area contributed by atoms with E-state index in [-0.39, 0.29) is 11.5 Å². The highest BCUT2D eigenvalue weighted by Crippen LogP contribution is 2.23. The van der Waals surface area contributed by atoms with E-state index >= 15 is 0 Å². The van der Waals surface area contributed by atoms with Crippen LogP contribution in [0.5, 0.6) is 0 Å². The van der Waals surface area contributed by atoms with E-state index in [0.717, 1.165) is 51.0 Å². The molecule has 1 aromatic heterocycles. The average molecular weight is 325 g/mol. The molecule has 0 radical (unpaired) electrons. The van der Waals surface area contributed by atoms with Crippen LogP contribution in [0.4, 0.5) is 0 Å². The second kappa shape index (κ2) is 6.04. The second-order valence-electron chi connectivity index (χ2n) is 6.88. The summed E-state index contributed by atoms with van der Waals surface area (Å²) < 4.78 is 1.77. The average Bonchev–Trinajstić information content (AvgIpc) is 3.09. The molecule has 0 unspecified atom stereocenters. The van der Waals surface area contributed by atoms with E-state index in [4.69, 9.17) is 0 Å². The smallest absolute Gasteiger partial charge is 0.261 e. The van der Waals surface area contributed by atoms with Gasteiger partial charge in [0.25, 0.3) is 11.5 Å².